The topological polar surface area (TPSA) is 32.3 Å². The minimum atomic E-state index is 0.337. The largest absolute Gasteiger partial charge is 0.307 e. The van der Waals surface area contributed by atoms with Gasteiger partial charge in [0.2, 0.25) is 0 Å². The Morgan fingerprint density at radius 3 is 2.30 bits per heavy atom. The number of aromatic nitrogens is 2. The van der Waals surface area contributed by atoms with Gasteiger partial charge in [-0.2, -0.15) is 0 Å². The summed E-state index contributed by atoms with van der Waals surface area (Å²) < 4.78 is 0. The van der Waals surface area contributed by atoms with Crippen LogP contribution in [0.15, 0.2) is 42.6 Å². The Hall–Kier alpha value is -1.78. The summed E-state index contributed by atoms with van der Waals surface area (Å²) >= 11 is 0. The van der Waals surface area contributed by atoms with Gasteiger partial charge in [0.05, 0.1) is 5.69 Å². The smallest absolute Gasteiger partial charge is 0.131 e. The molecule has 2 aromatic rings. The Kier molecular flexibility index (Phi) is 6.25. The van der Waals surface area contributed by atoms with Gasteiger partial charge >= 0.3 is 0 Å². The molecule has 124 valence electrons. The van der Waals surface area contributed by atoms with E-state index >= 15 is 0 Å². The second-order valence-corrected chi connectivity index (χ2v) is 6.66. The highest BCUT2D eigenvalue weighted by Crippen LogP contribution is 2.21. The SMILES string of the molecule is CC(C)c1nccc(CN(C)[C@@H](CN(C)C)c2ccccc2)n1. The van der Waals surface area contributed by atoms with Crippen molar-refractivity contribution in [3.05, 3.63) is 59.7 Å². The molecular formula is C19H28N4. The monoisotopic (exact) mass is 312 g/mol. The van der Waals surface area contributed by atoms with E-state index in [2.05, 4.69) is 80.1 Å². The van der Waals surface area contributed by atoms with Crippen molar-refractivity contribution in [2.75, 3.05) is 27.7 Å². The quantitative estimate of drug-likeness (QED) is 0.785. The summed E-state index contributed by atoms with van der Waals surface area (Å²) in [5, 5.41) is 0. The zero-order chi connectivity index (χ0) is 16.8. The zero-order valence-corrected chi connectivity index (χ0v) is 14.9. The van der Waals surface area contributed by atoms with Crippen molar-refractivity contribution in [2.24, 2.45) is 0 Å². The highest BCUT2D eigenvalue weighted by Gasteiger charge is 2.18. The molecule has 0 unspecified atom stereocenters. The van der Waals surface area contributed by atoms with Gasteiger partial charge in [-0.05, 0) is 32.8 Å². The van der Waals surface area contributed by atoms with Crippen LogP contribution in [-0.2, 0) is 6.54 Å². The third-order valence-electron chi connectivity index (χ3n) is 3.91. The van der Waals surface area contributed by atoms with Crippen LogP contribution in [0.2, 0.25) is 0 Å². The molecule has 1 heterocycles. The van der Waals surface area contributed by atoms with E-state index < -0.39 is 0 Å². The molecule has 0 amide bonds. The van der Waals surface area contributed by atoms with Gasteiger partial charge in [0.25, 0.3) is 0 Å². The molecule has 0 aliphatic carbocycles. The lowest BCUT2D eigenvalue weighted by atomic mass is 10.0. The zero-order valence-electron chi connectivity index (χ0n) is 14.9. The average molecular weight is 312 g/mol. The summed E-state index contributed by atoms with van der Waals surface area (Å²) in [6, 6.07) is 13.0. The van der Waals surface area contributed by atoms with E-state index in [0.29, 0.717) is 12.0 Å². The maximum absolute atomic E-state index is 4.70. The number of rotatable bonds is 7. The van der Waals surface area contributed by atoms with Crippen molar-refractivity contribution in [2.45, 2.75) is 32.4 Å². The van der Waals surface area contributed by atoms with Crippen LogP contribution in [-0.4, -0.2) is 47.5 Å². The van der Waals surface area contributed by atoms with Gasteiger partial charge < -0.3 is 4.90 Å². The summed E-state index contributed by atoms with van der Waals surface area (Å²) in [7, 11) is 6.40. The van der Waals surface area contributed by atoms with Gasteiger partial charge in [-0.1, -0.05) is 44.2 Å². The Labute approximate surface area is 140 Å². The number of likely N-dealkylation sites (N-methyl/N-ethyl adjacent to an activating group) is 2. The molecule has 23 heavy (non-hydrogen) atoms. The van der Waals surface area contributed by atoms with E-state index in [4.69, 9.17) is 4.98 Å². The lowest BCUT2D eigenvalue weighted by Crippen LogP contribution is -2.33. The first kappa shape index (κ1) is 17.6. The van der Waals surface area contributed by atoms with Gasteiger partial charge in [-0.15, -0.1) is 0 Å². The predicted octanol–water partition coefficient (Wildman–Crippen LogP) is 3.33. The van der Waals surface area contributed by atoms with Gasteiger partial charge in [-0.3, -0.25) is 4.90 Å². The van der Waals surface area contributed by atoms with Crippen LogP contribution in [0.3, 0.4) is 0 Å². The predicted molar refractivity (Wildman–Crippen MR) is 95.3 cm³/mol. The number of nitrogens with zero attached hydrogens (tertiary/aromatic N) is 4. The van der Waals surface area contributed by atoms with E-state index in [1.165, 1.54) is 5.56 Å². The number of hydrogen-bond acceptors (Lipinski definition) is 4. The van der Waals surface area contributed by atoms with E-state index in [-0.39, 0.29) is 0 Å². The highest BCUT2D eigenvalue weighted by molar-refractivity contribution is 5.19. The molecule has 1 aromatic heterocycles. The average Bonchev–Trinajstić information content (AvgIpc) is 2.53. The van der Waals surface area contributed by atoms with Crippen LogP contribution < -0.4 is 0 Å². The fraction of sp³-hybridized carbons (Fsp3) is 0.474. The molecule has 1 aromatic carbocycles. The second-order valence-electron chi connectivity index (χ2n) is 6.66. The maximum Gasteiger partial charge on any atom is 0.131 e. The van der Waals surface area contributed by atoms with Crippen molar-refractivity contribution < 1.29 is 0 Å². The molecule has 0 fully saturated rings. The van der Waals surface area contributed by atoms with Crippen LogP contribution >= 0.6 is 0 Å². The molecule has 0 spiro atoms. The minimum absolute atomic E-state index is 0.337. The lowest BCUT2D eigenvalue weighted by molar-refractivity contribution is 0.188. The third kappa shape index (κ3) is 5.12. The summed E-state index contributed by atoms with van der Waals surface area (Å²) in [6.45, 7) is 6.04. The molecule has 0 aliphatic rings. The molecule has 4 heteroatoms. The Bertz CT molecular complexity index is 595. The van der Waals surface area contributed by atoms with Crippen molar-refractivity contribution in [3.63, 3.8) is 0 Å². The van der Waals surface area contributed by atoms with Crippen molar-refractivity contribution >= 4 is 0 Å². The molecule has 1 atom stereocenters. The Morgan fingerprint density at radius 2 is 1.70 bits per heavy atom. The normalized spacial score (nSPS) is 13.0. The molecule has 0 radical (unpaired) electrons. The highest BCUT2D eigenvalue weighted by atomic mass is 15.2. The first-order chi connectivity index (χ1) is 11.0. The van der Waals surface area contributed by atoms with Crippen molar-refractivity contribution in [1.29, 1.82) is 0 Å². The first-order valence-electron chi connectivity index (χ1n) is 8.19. The third-order valence-corrected chi connectivity index (χ3v) is 3.91. The van der Waals surface area contributed by atoms with Crippen LogP contribution in [0.5, 0.6) is 0 Å². The summed E-state index contributed by atoms with van der Waals surface area (Å²) in [5.41, 5.74) is 2.41. The number of hydrogen-bond donors (Lipinski definition) is 0. The molecule has 0 saturated heterocycles. The summed E-state index contributed by atoms with van der Waals surface area (Å²) in [5.74, 6) is 1.27. The van der Waals surface area contributed by atoms with Crippen LogP contribution in [0.25, 0.3) is 0 Å². The summed E-state index contributed by atoms with van der Waals surface area (Å²) in [4.78, 5) is 13.7. The van der Waals surface area contributed by atoms with Gasteiger partial charge in [0.1, 0.15) is 5.82 Å². The molecule has 0 saturated carbocycles. The fourth-order valence-electron chi connectivity index (χ4n) is 2.67. The van der Waals surface area contributed by atoms with E-state index in [1.807, 2.05) is 12.3 Å². The second kappa shape index (κ2) is 8.18. The number of benzene rings is 1. The van der Waals surface area contributed by atoms with Gasteiger partial charge in [0.15, 0.2) is 0 Å². The van der Waals surface area contributed by atoms with Gasteiger partial charge in [0, 0.05) is 31.2 Å². The minimum Gasteiger partial charge on any atom is -0.307 e. The molecule has 0 N–H and O–H groups in total. The molecule has 0 bridgehead atoms. The van der Waals surface area contributed by atoms with E-state index in [0.717, 1.165) is 24.6 Å². The molecular weight excluding hydrogens is 284 g/mol. The van der Waals surface area contributed by atoms with Crippen LogP contribution in [0, 0.1) is 0 Å². The lowest BCUT2D eigenvalue weighted by Gasteiger charge is -2.30. The van der Waals surface area contributed by atoms with Crippen molar-refractivity contribution in [3.8, 4) is 0 Å². The molecule has 0 aliphatic heterocycles. The Balaban J connectivity index is 2.17. The van der Waals surface area contributed by atoms with Crippen LogP contribution in [0.4, 0.5) is 0 Å². The first-order valence-corrected chi connectivity index (χ1v) is 8.19. The standard InChI is InChI=1S/C19H28N4/c1-15(2)19-20-12-11-17(21-19)13-23(5)18(14-22(3)4)16-9-7-6-8-10-16/h6-12,15,18H,13-14H2,1-5H3/t18-/m0/s1. The van der Waals surface area contributed by atoms with Crippen molar-refractivity contribution in [1.82, 2.24) is 19.8 Å². The summed E-state index contributed by atoms with van der Waals surface area (Å²) in [6.07, 6.45) is 1.87. The maximum atomic E-state index is 4.70. The van der Waals surface area contributed by atoms with Crippen LogP contribution in [0.1, 0.15) is 42.9 Å². The fourth-order valence-corrected chi connectivity index (χ4v) is 2.67. The van der Waals surface area contributed by atoms with E-state index in [1.54, 1.807) is 0 Å². The molecule has 2 rings (SSSR count). The Morgan fingerprint density at radius 1 is 1.00 bits per heavy atom. The molecule has 4 nitrogen and oxygen atoms in total. The van der Waals surface area contributed by atoms with Gasteiger partial charge in [-0.25, -0.2) is 9.97 Å². The van der Waals surface area contributed by atoms with E-state index in [9.17, 15) is 0 Å².